The van der Waals surface area contributed by atoms with Gasteiger partial charge in [-0.25, -0.2) is 0 Å². The summed E-state index contributed by atoms with van der Waals surface area (Å²) in [6.07, 6.45) is 9.11. The fourth-order valence-electron chi connectivity index (χ4n) is 2.74. The van der Waals surface area contributed by atoms with Crippen molar-refractivity contribution in [2.24, 2.45) is 0 Å². The Morgan fingerprint density at radius 2 is 2.37 bits per heavy atom. The molecule has 0 amide bonds. The Hall–Kier alpha value is -0.930. The van der Waals surface area contributed by atoms with Gasteiger partial charge in [0.05, 0.1) is 0 Å². The SMILES string of the molecule is CCCCN(Cc1cnccc1C)CC1CCCN1. The molecule has 3 heteroatoms. The molecule has 3 nitrogen and oxygen atoms in total. The molecule has 1 aromatic rings. The molecule has 1 aliphatic rings. The van der Waals surface area contributed by atoms with Gasteiger partial charge < -0.3 is 5.32 Å². The largest absolute Gasteiger partial charge is 0.313 e. The van der Waals surface area contributed by atoms with Crippen LogP contribution < -0.4 is 5.32 Å². The van der Waals surface area contributed by atoms with Crippen LogP contribution in [0.3, 0.4) is 0 Å². The smallest absolute Gasteiger partial charge is 0.0315 e. The van der Waals surface area contributed by atoms with Crippen LogP contribution in [0.25, 0.3) is 0 Å². The Morgan fingerprint density at radius 3 is 3.05 bits per heavy atom. The molecule has 1 aromatic heterocycles. The molecule has 0 spiro atoms. The summed E-state index contributed by atoms with van der Waals surface area (Å²) in [5, 5.41) is 3.61. The molecular formula is C16H27N3. The Bertz CT molecular complexity index is 372. The second kappa shape index (κ2) is 7.61. The van der Waals surface area contributed by atoms with E-state index in [1.165, 1.54) is 56.4 Å². The Kier molecular flexibility index (Phi) is 5.80. The number of rotatable bonds is 7. The topological polar surface area (TPSA) is 28.2 Å². The number of hydrogen-bond donors (Lipinski definition) is 1. The van der Waals surface area contributed by atoms with E-state index in [0.717, 1.165) is 6.54 Å². The average Bonchev–Trinajstić information content (AvgIpc) is 2.91. The van der Waals surface area contributed by atoms with Crippen molar-refractivity contribution < 1.29 is 0 Å². The lowest BCUT2D eigenvalue weighted by atomic mass is 10.1. The molecule has 106 valence electrons. The second-order valence-corrected chi connectivity index (χ2v) is 5.68. The zero-order chi connectivity index (χ0) is 13.5. The van der Waals surface area contributed by atoms with E-state index >= 15 is 0 Å². The van der Waals surface area contributed by atoms with Crippen molar-refractivity contribution in [2.45, 2.75) is 52.1 Å². The van der Waals surface area contributed by atoms with Gasteiger partial charge in [-0.05, 0) is 56.5 Å². The molecule has 1 fully saturated rings. The van der Waals surface area contributed by atoms with Crippen molar-refractivity contribution in [1.29, 1.82) is 0 Å². The Morgan fingerprint density at radius 1 is 1.47 bits per heavy atom. The van der Waals surface area contributed by atoms with Crippen molar-refractivity contribution in [1.82, 2.24) is 15.2 Å². The monoisotopic (exact) mass is 261 g/mol. The van der Waals surface area contributed by atoms with Gasteiger partial charge in [0.2, 0.25) is 0 Å². The fourth-order valence-corrected chi connectivity index (χ4v) is 2.74. The van der Waals surface area contributed by atoms with Crippen LogP contribution in [0.4, 0.5) is 0 Å². The van der Waals surface area contributed by atoms with Gasteiger partial charge in [-0.15, -0.1) is 0 Å². The second-order valence-electron chi connectivity index (χ2n) is 5.68. The van der Waals surface area contributed by atoms with Gasteiger partial charge in [-0.3, -0.25) is 9.88 Å². The zero-order valence-corrected chi connectivity index (χ0v) is 12.4. The maximum atomic E-state index is 4.27. The number of hydrogen-bond acceptors (Lipinski definition) is 3. The number of pyridine rings is 1. The molecule has 0 aliphatic carbocycles. The van der Waals surface area contributed by atoms with E-state index in [0.29, 0.717) is 6.04 Å². The first kappa shape index (κ1) is 14.5. The van der Waals surface area contributed by atoms with Crippen molar-refractivity contribution in [2.75, 3.05) is 19.6 Å². The molecule has 0 radical (unpaired) electrons. The third kappa shape index (κ3) is 4.59. The minimum Gasteiger partial charge on any atom is -0.313 e. The third-order valence-corrected chi connectivity index (χ3v) is 4.01. The highest BCUT2D eigenvalue weighted by Crippen LogP contribution is 2.13. The molecule has 1 saturated heterocycles. The lowest BCUT2D eigenvalue weighted by molar-refractivity contribution is 0.237. The van der Waals surface area contributed by atoms with Crippen molar-refractivity contribution in [3.8, 4) is 0 Å². The Labute approximate surface area is 117 Å². The van der Waals surface area contributed by atoms with E-state index in [4.69, 9.17) is 0 Å². The van der Waals surface area contributed by atoms with E-state index in [9.17, 15) is 0 Å². The molecule has 0 aromatic carbocycles. The van der Waals surface area contributed by atoms with Gasteiger partial charge in [0.1, 0.15) is 0 Å². The van der Waals surface area contributed by atoms with Crippen molar-refractivity contribution in [3.05, 3.63) is 29.6 Å². The van der Waals surface area contributed by atoms with Gasteiger partial charge in [-0.1, -0.05) is 13.3 Å². The van der Waals surface area contributed by atoms with Crippen LogP contribution in [0.1, 0.15) is 43.7 Å². The Balaban J connectivity index is 1.94. The van der Waals surface area contributed by atoms with Crippen LogP contribution in [0.2, 0.25) is 0 Å². The van der Waals surface area contributed by atoms with Crippen LogP contribution in [-0.4, -0.2) is 35.6 Å². The minimum absolute atomic E-state index is 0.689. The van der Waals surface area contributed by atoms with Crippen molar-refractivity contribution in [3.63, 3.8) is 0 Å². The summed E-state index contributed by atoms with van der Waals surface area (Å²) in [5.74, 6) is 0. The normalized spacial score (nSPS) is 19.2. The first-order chi connectivity index (χ1) is 9.29. The number of nitrogens with one attached hydrogen (secondary N) is 1. The molecule has 2 heterocycles. The summed E-state index contributed by atoms with van der Waals surface area (Å²) in [6, 6.07) is 2.80. The molecule has 19 heavy (non-hydrogen) atoms. The number of nitrogens with zero attached hydrogens (tertiary/aromatic N) is 2. The van der Waals surface area contributed by atoms with Crippen LogP contribution in [0, 0.1) is 6.92 Å². The number of unbranched alkanes of at least 4 members (excludes halogenated alkanes) is 1. The maximum absolute atomic E-state index is 4.27. The standard InChI is InChI=1S/C16H27N3/c1-3-4-10-19(13-16-6-5-8-18-16)12-15-11-17-9-7-14(15)2/h7,9,11,16,18H,3-6,8,10,12-13H2,1-2H3. The highest BCUT2D eigenvalue weighted by Gasteiger charge is 2.18. The summed E-state index contributed by atoms with van der Waals surface area (Å²) in [5.41, 5.74) is 2.73. The van der Waals surface area contributed by atoms with Gasteiger partial charge in [-0.2, -0.15) is 0 Å². The predicted molar refractivity (Wildman–Crippen MR) is 80.2 cm³/mol. The molecule has 2 rings (SSSR count). The zero-order valence-electron chi connectivity index (χ0n) is 12.4. The molecule has 0 bridgehead atoms. The van der Waals surface area contributed by atoms with Crippen LogP contribution in [0.5, 0.6) is 0 Å². The average molecular weight is 261 g/mol. The predicted octanol–water partition coefficient (Wildman–Crippen LogP) is 2.74. The molecule has 0 saturated carbocycles. The molecule has 1 aliphatic heterocycles. The summed E-state index contributed by atoms with van der Waals surface area (Å²) in [7, 11) is 0. The maximum Gasteiger partial charge on any atom is 0.0315 e. The van der Waals surface area contributed by atoms with Crippen LogP contribution in [-0.2, 0) is 6.54 Å². The van der Waals surface area contributed by atoms with E-state index in [-0.39, 0.29) is 0 Å². The van der Waals surface area contributed by atoms with Gasteiger partial charge >= 0.3 is 0 Å². The third-order valence-electron chi connectivity index (χ3n) is 4.01. The lowest BCUT2D eigenvalue weighted by Crippen LogP contribution is -2.37. The van der Waals surface area contributed by atoms with E-state index < -0.39 is 0 Å². The van der Waals surface area contributed by atoms with E-state index in [2.05, 4.69) is 35.1 Å². The van der Waals surface area contributed by atoms with Gasteiger partial charge in [0.25, 0.3) is 0 Å². The number of aryl methyl sites for hydroxylation is 1. The first-order valence-electron chi connectivity index (χ1n) is 7.65. The quantitative estimate of drug-likeness (QED) is 0.818. The summed E-state index contributed by atoms with van der Waals surface area (Å²) in [4.78, 5) is 6.86. The molecular weight excluding hydrogens is 234 g/mol. The van der Waals surface area contributed by atoms with E-state index in [1.54, 1.807) is 0 Å². The first-order valence-corrected chi connectivity index (χ1v) is 7.65. The highest BCUT2D eigenvalue weighted by atomic mass is 15.2. The van der Waals surface area contributed by atoms with Gasteiger partial charge in [0.15, 0.2) is 0 Å². The number of aromatic nitrogens is 1. The van der Waals surface area contributed by atoms with Crippen LogP contribution >= 0.6 is 0 Å². The molecule has 1 N–H and O–H groups in total. The minimum atomic E-state index is 0.689. The lowest BCUT2D eigenvalue weighted by Gasteiger charge is -2.26. The summed E-state index contributed by atoms with van der Waals surface area (Å²) < 4.78 is 0. The van der Waals surface area contributed by atoms with Crippen molar-refractivity contribution >= 4 is 0 Å². The molecule has 1 atom stereocenters. The van der Waals surface area contributed by atoms with E-state index in [1.807, 2.05) is 12.4 Å². The highest BCUT2D eigenvalue weighted by molar-refractivity contribution is 5.21. The summed E-state index contributed by atoms with van der Waals surface area (Å²) in [6.45, 7) is 9.05. The molecule has 1 unspecified atom stereocenters. The van der Waals surface area contributed by atoms with Gasteiger partial charge in [0, 0.05) is 31.5 Å². The fraction of sp³-hybridized carbons (Fsp3) is 0.688. The van der Waals surface area contributed by atoms with Crippen LogP contribution in [0.15, 0.2) is 18.5 Å². The summed E-state index contributed by atoms with van der Waals surface area (Å²) >= 11 is 0.